The number of hydrogen-bond donors (Lipinski definition) is 0. The van der Waals surface area contributed by atoms with Crippen LogP contribution >= 0.6 is 0 Å². The summed E-state index contributed by atoms with van der Waals surface area (Å²) in [6, 6.07) is 30.7. The summed E-state index contributed by atoms with van der Waals surface area (Å²) in [6.07, 6.45) is 0.166. The Morgan fingerprint density at radius 3 is 2.35 bits per heavy atom. The van der Waals surface area contributed by atoms with Gasteiger partial charge in [-0.25, -0.2) is 4.98 Å². The normalized spacial score (nSPS) is 15.1. The maximum atomic E-state index is 13.1. The number of allylic oxidation sites excluding steroid dienone is 1. The van der Waals surface area contributed by atoms with Gasteiger partial charge in [0.1, 0.15) is 0 Å². The number of ether oxygens (including phenoxy) is 1. The summed E-state index contributed by atoms with van der Waals surface area (Å²) >= 11 is 0. The largest absolute Gasteiger partial charge is 0.437 e. The molecule has 31 heavy (non-hydrogen) atoms. The van der Waals surface area contributed by atoms with E-state index < -0.39 is 5.92 Å². The first kappa shape index (κ1) is 18.8. The summed E-state index contributed by atoms with van der Waals surface area (Å²) in [6.45, 7) is 0. The summed E-state index contributed by atoms with van der Waals surface area (Å²) in [5.41, 5.74) is 3.43. The summed E-state index contributed by atoms with van der Waals surface area (Å²) in [5.74, 6) is 0.451. The fourth-order valence-electron chi connectivity index (χ4n) is 3.98. The lowest BCUT2D eigenvalue weighted by Crippen LogP contribution is -2.18. The SMILES string of the molecule is N#CC1=C(c2ccccc2)Oc2nc3ccccc3cc2C1CC(=O)c1ccccc1. The molecule has 0 fully saturated rings. The number of aromatic nitrogens is 1. The number of pyridine rings is 1. The van der Waals surface area contributed by atoms with Crippen LogP contribution in [-0.2, 0) is 0 Å². The van der Waals surface area contributed by atoms with Crippen LogP contribution in [0.1, 0.15) is 33.8 Å². The van der Waals surface area contributed by atoms with Crippen LogP contribution in [0.25, 0.3) is 16.7 Å². The number of nitriles is 1. The molecule has 0 saturated carbocycles. The summed E-state index contributed by atoms with van der Waals surface area (Å²) < 4.78 is 6.18. The fraction of sp³-hybridized carbons (Fsp3) is 0.0741. The maximum absolute atomic E-state index is 13.1. The standard InChI is InChI=1S/C27H18N2O2/c28-17-23-21(16-25(30)18-9-3-1-4-10-18)22-15-20-13-7-8-14-24(20)29-27(22)31-26(23)19-11-5-2-6-12-19/h1-15,21H,16H2. The van der Waals surface area contributed by atoms with Crippen LogP contribution in [0.2, 0.25) is 0 Å². The number of nitrogens with zero attached hydrogens (tertiary/aromatic N) is 2. The summed E-state index contributed by atoms with van der Waals surface area (Å²) in [4.78, 5) is 17.8. The van der Waals surface area contributed by atoms with E-state index in [1.54, 1.807) is 12.1 Å². The topological polar surface area (TPSA) is 63.0 Å². The molecule has 4 heteroatoms. The molecule has 148 valence electrons. The van der Waals surface area contributed by atoms with E-state index in [0.717, 1.165) is 22.0 Å². The molecule has 4 aromatic rings. The second-order valence-corrected chi connectivity index (χ2v) is 7.44. The number of rotatable bonds is 4. The molecule has 2 heterocycles. The lowest BCUT2D eigenvalue weighted by Gasteiger charge is -2.27. The van der Waals surface area contributed by atoms with Gasteiger partial charge in [0.25, 0.3) is 0 Å². The van der Waals surface area contributed by atoms with Crippen LogP contribution in [-0.4, -0.2) is 10.8 Å². The molecular formula is C27H18N2O2. The number of benzene rings is 3. The molecule has 0 amide bonds. The van der Waals surface area contributed by atoms with Crippen molar-refractivity contribution in [1.29, 1.82) is 5.26 Å². The Balaban J connectivity index is 1.68. The summed E-state index contributed by atoms with van der Waals surface area (Å²) in [7, 11) is 0. The van der Waals surface area contributed by atoms with E-state index >= 15 is 0 Å². The highest BCUT2D eigenvalue weighted by atomic mass is 16.5. The molecule has 0 saturated heterocycles. The van der Waals surface area contributed by atoms with Crippen LogP contribution < -0.4 is 4.74 Å². The van der Waals surface area contributed by atoms with Gasteiger partial charge in [0.2, 0.25) is 5.88 Å². The zero-order valence-corrected chi connectivity index (χ0v) is 16.7. The van der Waals surface area contributed by atoms with Crippen molar-refractivity contribution in [2.75, 3.05) is 0 Å². The number of para-hydroxylation sites is 1. The van der Waals surface area contributed by atoms with Crippen molar-refractivity contribution in [1.82, 2.24) is 4.98 Å². The minimum absolute atomic E-state index is 0.0215. The van der Waals surface area contributed by atoms with Crippen LogP contribution in [0, 0.1) is 11.3 Å². The van der Waals surface area contributed by atoms with E-state index in [0.29, 0.717) is 22.8 Å². The number of carbonyl (C=O) groups excluding carboxylic acids is 1. The lowest BCUT2D eigenvalue weighted by atomic mass is 9.83. The maximum Gasteiger partial charge on any atom is 0.223 e. The zero-order chi connectivity index (χ0) is 21.2. The highest BCUT2D eigenvalue weighted by molar-refractivity contribution is 5.97. The van der Waals surface area contributed by atoms with Gasteiger partial charge in [-0.1, -0.05) is 78.9 Å². The number of ketones is 1. The second-order valence-electron chi connectivity index (χ2n) is 7.44. The molecular weight excluding hydrogens is 384 g/mol. The first-order valence-electron chi connectivity index (χ1n) is 10.1. The summed E-state index contributed by atoms with van der Waals surface area (Å²) in [5, 5.41) is 11.0. The van der Waals surface area contributed by atoms with Gasteiger partial charge in [0.15, 0.2) is 11.5 Å². The Labute approximate surface area is 180 Å². The van der Waals surface area contributed by atoms with Gasteiger partial charge in [-0.2, -0.15) is 5.26 Å². The highest BCUT2D eigenvalue weighted by Crippen LogP contribution is 2.44. The molecule has 0 aliphatic carbocycles. The van der Waals surface area contributed by atoms with E-state index in [2.05, 4.69) is 6.07 Å². The molecule has 1 unspecified atom stereocenters. The molecule has 1 atom stereocenters. The fourth-order valence-corrected chi connectivity index (χ4v) is 3.98. The van der Waals surface area contributed by atoms with Gasteiger partial charge in [-0.15, -0.1) is 0 Å². The predicted molar refractivity (Wildman–Crippen MR) is 119 cm³/mol. The lowest BCUT2D eigenvalue weighted by molar-refractivity contribution is 0.0977. The van der Waals surface area contributed by atoms with E-state index in [4.69, 9.17) is 9.72 Å². The molecule has 4 nitrogen and oxygen atoms in total. The van der Waals surface area contributed by atoms with Crippen molar-refractivity contribution in [3.8, 4) is 11.9 Å². The van der Waals surface area contributed by atoms with Crippen LogP contribution in [0.5, 0.6) is 5.88 Å². The molecule has 1 aliphatic heterocycles. The molecule has 0 spiro atoms. The minimum Gasteiger partial charge on any atom is -0.437 e. The Bertz CT molecular complexity index is 1350. The van der Waals surface area contributed by atoms with Crippen molar-refractivity contribution in [3.05, 3.63) is 113 Å². The molecule has 0 radical (unpaired) electrons. The number of Topliss-reactive ketones (excluding diaryl/α,β-unsaturated/α-hetero) is 1. The Hall–Kier alpha value is -4.23. The molecule has 1 aromatic heterocycles. The van der Waals surface area contributed by atoms with Crippen LogP contribution in [0.3, 0.4) is 0 Å². The van der Waals surface area contributed by atoms with Gasteiger partial charge >= 0.3 is 0 Å². The third-order valence-corrected chi connectivity index (χ3v) is 5.53. The molecule has 5 rings (SSSR count). The molecule has 3 aromatic carbocycles. The van der Waals surface area contributed by atoms with Crippen molar-refractivity contribution >= 4 is 22.4 Å². The monoisotopic (exact) mass is 402 g/mol. The number of carbonyl (C=O) groups is 1. The third-order valence-electron chi connectivity index (χ3n) is 5.53. The van der Waals surface area contributed by atoms with E-state index in [1.165, 1.54) is 0 Å². The first-order chi connectivity index (χ1) is 15.2. The second kappa shape index (κ2) is 7.89. The van der Waals surface area contributed by atoms with Crippen LogP contribution in [0.15, 0.2) is 96.6 Å². The van der Waals surface area contributed by atoms with Crippen LogP contribution in [0.4, 0.5) is 0 Å². The highest BCUT2D eigenvalue weighted by Gasteiger charge is 2.33. The van der Waals surface area contributed by atoms with Gasteiger partial charge in [0.05, 0.1) is 17.2 Å². The van der Waals surface area contributed by atoms with Gasteiger partial charge in [0, 0.05) is 34.4 Å². The van der Waals surface area contributed by atoms with E-state index in [1.807, 2.05) is 78.9 Å². The Morgan fingerprint density at radius 1 is 0.935 bits per heavy atom. The van der Waals surface area contributed by atoms with E-state index in [9.17, 15) is 10.1 Å². The van der Waals surface area contributed by atoms with E-state index in [-0.39, 0.29) is 12.2 Å². The van der Waals surface area contributed by atoms with Gasteiger partial charge in [-0.05, 0) is 12.1 Å². The quantitative estimate of drug-likeness (QED) is 0.398. The Morgan fingerprint density at radius 2 is 1.61 bits per heavy atom. The van der Waals surface area contributed by atoms with Crippen molar-refractivity contribution in [3.63, 3.8) is 0 Å². The molecule has 1 aliphatic rings. The van der Waals surface area contributed by atoms with Gasteiger partial charge < -0.3 is 4.74 Å². The number of hydrogen-bond acceptors (Lipinski definition) is 4. The molecule has 0 N–H and O–H groups in total. The first-order valence-corrected chi connectivity index (χ1v) is 10.1. The van der Waals surface area contributed by atoms with Crippen molar-refractivity contribution in [2.45, 2.75) is 12.3 Å². The number of fused-ring (bicyclic) bond motifs is 2. The zero-order valence-electron chi connectivity index (χ0n) is 16.7. The van der Waals surface area contributed by atoms with Crippen molar-refractivity contribution < 1.29 is 9.53 Å². The van der Waals surface area contributed by atoms with Crippen molar-refractivity contribution in [2.24, 2.45) is 0 Å². The predicted octanol–water partition coefficient (Wildman–Crippen LogP) is 5.92. The average Bonchev–Trinajstić information content (AvgIpc) is 2.83. The average molecular weight is 402 g/mol. The minimum atomic E-state index is -0.436. The third kappa shape index (κ3) is 3.47. The molecule has 0 bridgehead atoms. The smallest absolute Gasteiger partial charge is 0.223 e. The van der Waals surface area contributed by atoms with Gasteiger partial charge in [-0.3, -0.25) is 4.79 Å². The Kier molecular flexibility index (Phi) is 4.78.